The molecular weight excluding hydrogens is 505 g/mol. The third kappa shape index (κ3) is 7.93. The number of carbonyl (C=O) groups is 1. The van der Waals surface area contributed by atoms with Crippen LogP contribution in [-0.2, 0) is 13.1 Å². The maximum Gasteiger partial charge on any atom is 0.321 e. The van der Waals surface area contributed by atoms with Gasteiger partial charge in [-0.3, -0.25) is 0 Å². The van der Waals surface area contributed by atoms with Crippen molar-refractivity contribution in [1.29, 1.82) is 0 Å². The van der Waals surface area contributed by atoms with E-state index in [0.717, 1.165) is 61.0 Å². The molecule has 0 saturated carbocycles. The predicted molar refractivity (Wildman–Crippen MR) is 136 cm³/mol. The highest BCUT2D eigenvalue weighted by Gasteiger charge is 2.17. The number of carbonyl (C=O) groups excluding carboxylic acids is 1. The molecule has 0 unspecified atom stereocenters. The smallest absolute Gasteiger partial charge is 0.321 e. The fraction of sp³-hybridized carbons (Fsp3) is 0.391. The van der Waals surface area contributed by atoms with E-state index in [1.54, 1.807) is 7.11 Å². The minimum absolute atomic E-state index is 0. The van der Waals surface area contributed by atoms with E-state index in [1.807, 2.05) is 60.4 Å². The molecule has 0 aromatic heterocycles. The highest BCUT2D eigenvalue weighted by Crippen LogP contribution is 2.15. The number of hydrogen-bond acceptors (Lipinski definition) is 3. The van der Waals surface area contributed by atoms with E-state index in [0.29, 0.717) is 13.1 Å². The van der Waals surface area contributed by atoms with E-state index in [9.17, 15) is 4.79 Å². The number of rotatable bonds is 7. The van der Waals surface area contributed by atoms with E-state index >= 15 is 0 Å². The Morgan fingerprint density at radius 3 is 2.48 bits per heavy atom. The lowest BCUT2D eigenvalue weighted by Crippen LogP contribution is -2.36. The van der Waals surface area contributed by atoms with Gasteiger partial charge in [-0.15, -0.1) is 24.0 Å². The number of nitrogens with one attached hydrogen (secondary N) is 3. The van der Waals surface area contributed by atoms with Crippen LogP contribution in [0.1, 0.15) is 30.9 Å². The summed E-state index contributed by atoms with van der Waals surface area (Å²) in [6.45, 7) is 5.68. The molecule has 7 nitrogen and oxygen atoms in total. The minimum atomic E-state index is -0.0253. The highest BCUT2D eigenvalue weighted by molar-refractivity contribution is 14.0. The average Bonchev–Trinajstić information content (AvgIpc) is 3.31. The van der Waals surface area contributed by atoms with E-state index in [2.05, 4.69) is 20.9 Å². The molecule has 3 rings (SSSR count). The van der Waals surface area contributed by atoms with Gasteiger partial charge in [-0.05, 0) is 55.2 Å². The normalized spacial score (nSPS) is 13.4. The largest absolute Gasteiger partial charge is 0.497 e. The monoisotopic (exact) mass is 537 g/mol. The number of likely N-dealkylation sites (tertiary alicyclic amines) is 1. The molecule has 0 radical (unpaired) electrons. The van der Waals surface area contributed by atoms with Crippen molar-refractivity contribution in [1.82, 2.24) is 15.5 Å². The Kier molecular flexibility index (Phi) is 10.4. The summed E-state index contributed by atoms with van der Waals surface area (Å²) in [7, 11) is 1.66. The number of ether oxygens (including phenoxy) is 1. The first-order chi connectivity index (χ1) is 14.7. The summed E-state index contributed by atoms with van der Waals surface area (Å²) in [6.07, 6.45) is 2.16. The SMILES string of the molecule is CCNC(=NCc1cccc(NC(=O)N2CCCC2)c1)NCc1ccc(OC)cc1.I. The molecule has 2 aromatic carbocycles. The molecule has 1 heterocycles. The molecule has 8 heteroatoms. The second-order valence-corrected chi connectivity index (χ2v) is 7.22. The van der Waals surface area contributed by atoms with Gasteiger partial charge in [-0.1, -0.05) is 24.3 Å². The van der Waals surface area contributed by atoms with Gasteiger partial charge in [0, 0.05) is 31.9 Å². The van der Waals surface area contributed by atoms with Crippen LogP contribution in [0.5, 0.6) is 5.75 Å². The van der Waals surface area contributed by atoms with Crippen molar-refractivity contribution in [2.45, 2.75) is 32.9 Å². The van der Waals surface area contributed by atoms with Crippen molar-refractivity contribution in [3.8, 4) is 5.75 Å². The van der Waals surface area contributed by atoms with Crippen molar-refractivity contribution >= 4 is 41.7 Å². The van der Waals surface area contributed by atoms with Gasteiger partial charge in [0.2, 0.25) is 0 Å². The molecule has 31 heavy (non-hydrogen) atoms. The van der Waals surface area contributed by atoms with Crippen LogP contribution >= 0.6 is 24.0 Å². The second-order valence-electron chi connectivity index (χ2n) is 7.22. The van der Waals surface area contributed by atoms with Crippen LogP contribution in [-0.4, -0.2) is 43.6 Å². The zero-order valence-electron chi connectivity index (χ0n) is 18.2. The van der Waals surface area contributed by atoms with Gasteiger partial charge >= 0.3 is 6.03 Å². The molecule has 2 aromatic rings. The minimum Gasteiger partial charge on any atom is -0.497 e. The summed E-state index contributed by atoms with van der Waals surface area (Å²) in [5.41, 5.74) is 2.99. The zero-order valence-corrected chi connectivity index (χ0v) is 20.5. The Hall–Kier alpha value is -2.49. The zero-order chi connectivity index (χ0) is 21.2. The molecule has 2 amide bonds. The van der Waals surface area contributed by atoms with Gasteiger partial charge in [0.05, 0.1) is 13.7 Å². The van der Waals surface area contributed by atoms with Crippen molar-refractivity contribution in [2.24, 2.45) is 4.99 Å². The van der Waals surface area contributed by atoms with Crippen LogP contribution in [0.3, 0.4) is 0 Å². The maximum absolute atomic E-state index is 12.3. The number of amides is 2. The Labute approximate surface area is 201 Å². The molecule has 1 aliphatic heterocycles. The molecule has 168 valence electrons. The molecule has 1 fully saturated rings. The Morgan fingerprint density at radius 1 is 1.06 bits per heavy atom. The fourth-order valence-corrected chi connectivity index (χ4v) is 3.31. The van der Waals surface area contributed by atoms with Gasteiger partial charge in [0.15, 0.2) is 5.96 Å². The van der Waals surface area contributed by atoms with Crippen LogP contribution in [0.2, 0.25) is 0 Å². The third-order valence-corrected chi connectivity index (χ3v) is 4.95. The third-order valence-electron chi connectivity index (χ3n) is 4.95. The van der Waals surface area contributed by atoms with Crippen LogP contribution in [0, 0.1) is 0 Å². The second kappa shape index (κ2) is 13.0. The molecule has 1 saturated heterocycles. The Balaban J connectivity index is 0.00000341. The number of methoxy groups -OCH3 is 1. The summed E-state index contributed by atoms with van der Waals surface area (Å²) >= 11 is 0. The summed E-state index contributed by atoms with van der Waals surface area (Å²) in [4.78, 5) is 18.8. The Bertz CT molecular complexity index is 851. The molecule has 1 aliphatic rings. The van der Waals surface area contributed by atoms with Crippen LogP contribution < -0.4 is 20.7 Å². The number of aliphatic imine (C=N–C) groups is 1. The summed E-state index contributed by atoms with van der Waals surface area (Å²) in [6, 6.07) is 15.8. The Morgan fingerprint density at radius 2 is 1.81 bits per heavy atom. The van der Waals surface area contributed by atoms with Crippen molar-refractivity contribution in [3.63, 3.8) is 0 Å². The standard InChI is InChI=1S/C23H31N5O2.HI/c1-3-24-22(25-16-18-9-11-21(30-2)12-10-18)26-17-19-7-6-8-20(15-19)27-23(29)28-13-4-5-14-28;/h6-12,15H,3-5,13-14,16-17H2,1-2H3,(H,27,29)(H2,24,25,26);1H. The van der Waals surface area contributed by atoms with Crippen LogP contribution in [0.4, 0.5) is 10.5 Å². The molecule has 3 N–H and O–H groups in total. The van der Waals surface area contributed by atoms with Crippen LogP contribution in [0.25, 0.3) is 0 Å². The quantitative estimate of drug-likeness (QED) is 0.281. The summed E-state index contributed by atoms with van der Waals surface area (Å²) < 4.78 is 5.20. The van der Waals surface area contributed by atoms with Crippen molar-refractivity contribution in [3.05, 3.63) is 59.7 Å². The highest BCUT2D eigenvalue weighted by atomic mass is 127. The molecule has 0 aliphatic carbocycles. The predicted octanol–water partition coefficient (Wildman–Crippen LogP) is 4.20. The van der Waals surface area contributed by atoms with Gasteiger partial charge in [0.1, 0.15) is 5.75 Å². The maximum atomic E-state index is 12.3. The number of nitrogens with zero attached hydrogens (tertiary/aromatic N) is 2. The lowest BCUT2D eigenvalue weighted by Gasteiger charge is -2.16. The van der Waals surface area contributed by atoms with E-state index < -0.39 is 0 Å². The van der Waals surface area contributed by atoms with Gasteiger partial charge in [-0.25, -0.2) is 9.79 Å². The fourth-order valence-electron chi connectivity index (χ4n) is 3.31. The van der Waals surface area contributed by atoms with E-state index in [4.69, 9.17) is 4.74 Å². The molecular formula is C23H32IN5O2. The summed E-state index contributed by atoms with van der Waals surface area (Å²) in [5, 5.41) is 9.61. The van der Waals surface area contributed by atoms with E-state index in [-0.39, 0.29) is 30.0 Å². The number of guanidine groups is 1. The van der Waals surface area contributed by atoms with Crippen molar-refractivity contribution < 1.29 is 9.53 Å². The number of urea groups is 1. The molecule has 0 spiro atoms. The number of benzene rings is 2. The first kappa shape index (κ1) is 24.8. The van der Waals surface area contributed by atoms with E-state index in [1.165, 1.54) is 0 Å². The van der Waals surface area contributed by atoms with Gasteiger partial charge in [0.25, 0.3) is 0 Å². The average molecular weight is 537 g/mol. The van der Waals surface area contributed by atoms with Crippen molar-refractivity contribution in [2.75, 3.05) is 32.1 Å². The lowest BCUT2D eigenvalue weighted by molar-refractivity contribution is 0.222. The molecule has 0 atom stereocenters. The lowest BCUT2D eigenvalue weighted by atomic mass is 10.2. The van der Waals surface area contributed by atoms with Crippen LogP contribution in [0.15, 0.2) is 53.5 Å². The first-order valence-corrected chi connectivity index (χ1v) is 10.5. The number of hydrogen-bond donors (Lipinski definition) is 3. The number of anilines is 1. The first-order valence-electron chi connectivity index (χ1n) is 10.5. The van der Waals surface area contributed by atoms with Gasteiger partial charge < -0.3 is 25.6 Å². The molecule has 0 bridgehead atoms. The number of halogens is 1. The topological polar surface area (TPSA) is 78.0 Å². The van der Waals surface area contributed by atoms with Gasteiger partial charge in [-0.2, -0.15) is 0 Å². The summed E-state index contributed by atoms with van der Waals surface area (Å²) in [5.74, 6) is 1.59.